The van der Waals surface area contributed by atoms with Crippen LogP contribution in [0.2, 0.25) is 0 Å². The second-order valence-corrected chi connectivity index (χ2v) is 7.42. The van der Waals surface area contributed by atoms with Crippen molar-refractivity contribution in [1.29, 1.82) is 0 Å². The van der Waals surface area contributed by atoms with Crippen molar-refractivity contribution in [1.82, 2.24) is 10.2 Å². The van der Waals surface area contributed by atoms with Crippen molar-refractivity contribution in [2.75, 3.05) is 19.7 Å². The molecule has 3 heteroatoms. The Morgan fingerprint density at radius 2 is 1.95 bits per heavy atom. The molecule has 0 spiro atoms. The molecule has 3 rings (SSSR count). The van der Waals surface area contributed by atoms with Crippen molar-refractivity contribution < 1.29 is 5.11 Å². The first-order valence-electron chi connectivity index (χ1n) is 8.90. The van der Waals surface area contributed by atoms with Gasteiger partial charge < -0.3 is 10.4 Å². The molecule has 1 saturated heterocycles. The van der Waals surface area contributed by atoms with Crippen LogP contribution in [0.5, 0.6) is 0 Å². The van der Waals surface area contributed by atoms with E-state index in [9.17, 15) is 5.11 Å². The molecule has 0 aromatic carbocycles. The average Bonchev–Trinajstić information content (AvgIpc) is 3.33. The van der Waals surface area contributed by atoms with Crippen molar-refractivity contribution in [2.24, 2.45) is 5.92 Å². The average molecular weight is 280 g/mol. The maximum atomic E-state index is 10.1. The fourth-order valence-corrected chi connectivity index (χ4v) is 4.08. The Hall–Kier alpha value is -0.120. The van der Waals surface area contributed by atoms with Crippen molar-refractivity contribution >= 4 is 0 Å². The van der Waals surface area contributed by atoms with Crippen LogP contribution in [0.25, 0.3) is 0 Å². The summed E-state index contributed by atoms with van der Waals surface area (Å²) in [6, 6.07) is 1.46. The Bertz CT molecular complexity index is 312. The second-order valence-electron chi connectivity index (χ2n) is 7.42. The molecular formula is C17H32N2O. The van der Waals surface area contributed by atoms with Crippen LogP contribution in [0.3, 0.4) is 0 Å². The number of rotatable bonds is 8. The van der Waals surface area contributed by atoms with E-state index in [4.69, 9.17) is 0 Å². The summed E-state index contributed by atoms with van der Waals surface area (Å²) in [7, 11) is 0. The number of likely N-dealkylation sites (tertiary alicyclic amines) is 1. The summed E-state index contributed by atoms with van der Waals surface area (Å²) in [4.78, 5) is 2.71. The Balaban J connectivity index is 1.66. The highest BCUT2D eigenvalue weighted by molar-refractivity contribution is 5.06. The summed E-state index contributed by atoms with van der Waals surface area (Å²) in [5.74, 6) is 0.720. The standard InChI is InChI=1S/C17H32N2O/c1-2-5-16-6-3-4-11-19(16)12-17(13-20,14-7-8-14)18-15-9-10-15/h14-16,18,20H,2-13H2,1H3. The Morgan fingerprint density at radius 3 is 2.55 bits per heavy atom. The first kappa shape index (κ1) is 14.8. The minimum atomic E-state index is 0.00446. The number of piperidine rings is 1. The van der Waals surface area contributed by atoms with Gasteiger partial charge in [0.1, 0.15) is 0 Å². The third-order valence-corrected chi connectivity index (χ3v) is 5.57. The molecule has 116 valence electrons. The van der Waals surface area contributed by atoms with Gasteiger partial charge in [0.15, 0.2) is 0 Å². The molecule has 2 aliphatic carbocycles. The van der Waals surface area contributed by atoms with E-state index in [0.717, 1.165) is 18.5 Å². The SMILES string of the molecule is CCCC1CCCCN1CC(CO)(NC1CC1)C1CC1. The minimum Gasteiger partial charge on any atom is -0.394 e. The molecule has 2 N–H and O–H groups in total. The van der Waals surface area contributed by atoms with Gasteiger partial charge in [-0.3, -0.25) is 4.90 Å². The molecule has 2 saturated carbocycles. The predicted molar refractivity (Wildman–Crippen MR) is 82.8 cm³/mol. The molecule has 2 unspecified atom stereocenters. The lowest BCUT2D eigenvalue weighted by molar-refractivity contribution is 0.0496. The van der Waals surface area contributed by atoms with E-state index in [1.807, 2.05) is 0 Å². The summed E-state index contributed by atoms with van der Waals surface area (Å²) < 4.78 is 0. The topological polar surface area (TPSA) is 35.5 Å². The molecule has 0 aromatic rings. The van der Waals surface area contributed by atoms with Crippen molar-refractivity contribution in [3.05, 3.63) is 0 Å². The molecule has 0 radical (unpaired) electrons. The highest BCUT2D eigenvalue weighted by Crippen LogP contribution is 2.42. The normalized spacial score (nSPS) is 31.2. The van der Waals surface area contributed by atoms with Gasteiger partial charge in [0, 0.05) is 18.6 Å². The molecule has 0 amide bonds. The van der Waals surface area contributed by atoms with Crippen molar-refractivity contribution in [2.45, 2.75) is 82.3 Å². The third kappa shape index (κ3) is 3.37. The van der Waals surface area contributed by atoms with Crippen LogP contribution in [-0.2, 0) is 0 Å². The van der Waals surface area contributed by atoms with Gasteiger partial charge in [0.05, 0.1) is 12.1 Å². The molecule has 20 heavy (non-hydrogen) atoms. The van der Waals surface area contributed by atoms with E-state index in [1.54, 1.807) is 0 Å². The summed E-state index contributed by atoms with van der Waals surface area (Å²) in [5, 5.41) is 14.0. The largest absolute Gasteiger partial charge is 0.394 e. The maximum absolute atomic E-state index is 10.1. The molecule has 3 nitrogen and oxygen atoms in total. The summed E-state index contributed by atoms with van der Waals surface area (Å²) in [6.07, 6.45) is 12.0. The van der Waals surface area contributed by atoms with E-state index < -0.39 is 0 Å². The van der Waals surface area contributed by atoms with Crippen LogP contribution >= 0.6 is 0 Å². The van der Waals surface area contributed by atoms with Gasteiger partial charge in [0.2, 0.25) is 0 Å². The number of aliphatic hydroxyl groups excluding tert-OH is 1. The maximum Gasteiger partial charge on any atom is 0.0628 e. The van der Waals surface area contributed by atoms with Crippen molar-refractivity contribution in [3.63, 3.8) is 0 Å². The van der Waals surface area contributed by atoms with E-state index in [1.165, 1.54) is 64.3 Å². The van der Waals surface area contributed by atoms with Gasteiger partial charge in [-0.15, -0.1) is 0 Å². The van der Waals surface area contributed by atoms with Gasteiger partial charge in [-0.25, -0.2) is 0 Å². The van der Waals surface area contributed by atoms with Crippen LogP contribution in [0.1, 0.15) is 64.7 Å². The predicted octanol–water partition coefficient (Wildman–Crippen LogP) is 2.53. The van der Waals surface area contributed by atoms with Gasteiger partial charge in [-0.05, 0) is 57.4 Å². The zero-order valence-corrected chi connectivity index (χ0v) is 13.1. The quantitative estimate of drug-likeness (QED) is 0.717. The van der Waals surface area contributed by atoms with Gasteiger partial charge in [-0.2, -0.15) is 0 Å². The molecule has 3 aliphatic rings. The fraction of sp³-hybridized carbons (Fsp3) is 1.00. The first-order valence-corrected chi connectivity index (χ1v) is 8.90. The van der Waals surface area contributed by atoms with E-state index >= 15 is 0 Å². The molecule has 2 atom stereocenters. The number of hydrogen-bond acceptors (Lipinski definition) is 3. The van der Waals surface area contributed by atoms with Crippen LogP contribution < -0.4 is 5.32 Å². The van der Waals surface area contributed by atoms with Crippen LogP contribution in [0.15, 0.2) is 0 Å². The minimum absolute atomic E-state index is 0.00446. The number of hydrogen-bond donors (Lipinski definition) is 2. The molecule has 0 aromatic heterocycles. The zero-order chi connectivity index (χ0) is 14.0. The molecule has 1 aliphatic heterocycles. The lowest BCUT2D eigenvalue weighted by Crippen LogP contribution is -2.60. The molecule has 1 heterocycles. The summed E-state index contributed by atoms with van der Waals surface area (Å²) in [6.45, 7) is 4.94. The Kier molecular flexibility index (Phi) is 4.68. The zero-order valence-electron chi connectivity index (χ0n) is 13.1. The van der Waals surface area contributed by atoms with Gasteiger partial charge in [0.25, 0.3) is 0 Å². The van der Waals surface area contributed by atoms with E-state index in [0.29, 0.717) is 12.6 Å². The molecule has 3 fully saturated rings. The Labute approximate surface area is 124 Å². The number of aliphatic hydroxyl groups is 1. The lowest BCUT2D eigenvalue weighted by Gasteiger charge is -2.44. The van der Waals surface area contributed by atoms with Gasteiger partial charge in [-0.1, -0.05) is 19.8 Å². The van der Waals surface area contributed by atoms with E-state index in [-0.39, 0.29) is 5.54 Å². The highest BCUT2D eigenvalue weighted by atomic mass is 16.3. The first-order chi connectivity index (χ1) is 9.77. The molecular weight excluding hydrogens is 248 g/mol. The summed E-state index contributed by atoms with van der Waals surface area (Å²) in [5.41, 5.74) is 0.00446. The number of nitrogens with zero attached hydrogens (tertiary/aromatic N) is 1. The van der Waals surface area contributed by atoms with E-state index in [2.05, 4.69) is 17.1 Å². The van der Waals surface area contributed by atoms with Crippen molar-refractivity contribution in [3.8, 4) is 0 Å². The second kappa shape index (κ2) is 6.33. The Morgan fingerprint density at radius 1 is 1.15 bits per heavy atom. The summed E-state index contributed by atoms with van der Waals surface area (Å²) >= 11 is 0. The van der Waals surface area contributed by atoms with Crippen LogP contribution in [-0.4, -0.2) is 47.3 Å². The van der Waals surface area contributed by atoms with Gasteiger partial charge >= 0.3 is 0 Å². The number of nitrogens with one attached hydrogen (secondary N) is 1. The van der Waals surface area contributed by atoms with Crippen LogP contribution in [0.4, 0.5) is 0 Å². The fourth-order valence-electron chi connectivity index (χ4n) is 4.08. The molecule has 0 bridgehead atoms. The van der Waals surface area contributed by atoms with Crippen LogP contribution in [0, 0.1) is 5.92 Å². The highest BCUT2D eigenvalue weighted by Gasteiger charge is 2.48. The monoisotopic (exact) mass is 280 g/mol. The lowest BCUT2D eigenvalue weighted by atomic mass is 9.89. The third-order valence-electron chi connectivity index (χ3n) is 5.57. The smallest absolute Gasteiger partial charge is 0.0628 e.